The van der Waals surface area contributed by atoms with Gasteiger partial charge in [0.25, 0.3) is 0 Å². The van der Waals surface area contributed by atoms with Gasteiger partial charge in [0.1, 0.15) is 16.2 Å². The maximum atomic E-state index is 9.09. The number of aryl methyl sites for hydroxylation is 1. The monoisotopic (exact) mass is 259 g/mol. The van der Waals surface area contributed by atoms with E-state index in [4.69, 9.17) is 5.11 Å². The van der Waals surface area contributed by atoms with Crippen LogP contribution in [-0.2, 0) is 6.42 Å². The van der Waals surface area contributed by atoms with E-state index in [1.807, 2.05) is 6.92 Å². The fourth-order valence-electron chi connectivity index (χ4n) is 0.966. The summed E-state index contributed by atoms with van der Waals surface area (Å²) in [6.45, 7) is 4.22. The number of nitrogens with zero attached hydrogens (tertiary/aromatic N) is 2. The van der Waals surface area contributed by atoms with Crippen molar-refractivity contribution < 1.29 is 5.11 Å². The van der Waals surface area contributed by atoms with Crippen molar-refractivity contribution in [2.75, 3.05) is 11.9 Å². The quantitative estimate of drug-likeness (QED) is 0.807. The van der Waals surface area contributed by atoms with Gasteiger partial charge >= 0.3 is 0 Å². The lowest BCUT2D eigenvalue weighted by Gasteiger charge is -2.08. The second kappa shape index (κ2) is 5.26. The number of halogens is 1. The molecule has 0 amide bonds. The summed E-state index contributed by atoms with van der Waals surface area (Å²) < 4.78 is 0.762. The summed E-state index contributed by atoms with van der Waals surface area (Å²) in [7, 11) is 0. The third-order valence-electron chi connectivity index (χ3n) is 1.64. The van der Waals surface area contributed by atoms with Crippen molar-refractivity contribution in [3.05, 3.63) is 16.5 Å². The van der Waals surface area contributed by atoms with Crippen molar-refractivity contribution in [3.8, 4) is 0 Å². The molecule has 0 fully saturated rings. The molecule has 0 bridgehead atoms. The predicted molar refractivity (Wildman–Crippen MR) is 59.3 cm³/mol. The molecule has 1 unspecified atom stereocenters. The van der Waals surface area contributed by atoms with Crippen LogP contribution >= 0.6 is 15.9 Å². The Morgan fingerprint density at radius 3 is 2.86 bits per heavy atom. The summed E-state index contributed by atoms with van der Waals surface area (Å²) >= 11 is 3.31. The third-order valence-corrected chi connectivity index (χ3v) is 2.04. The number of hydrogen-bond acceptors (Lipinski definition) is 4. The number of anilines is 1. The van der Waals surface area contributed by atoms with Gasteiger partial charge in [0, 0.05) is 19.0 Å². The highest BCUT2D eigenvalue weighted by molar-refractivity contribution is 9.10. The van der Waals surface area contributed by atoms with Gasteiger partial charge in [-0.3, -0.25) is 0 Å². The Hall–Kier alpha value is -0.680. The highest BCUT2D eigenvalue weighted by Crippen LogP contribution is 2.12. The second-order valence-corrected chi connectivity index (χ2v) is 3.89. The molecule has 1 heterocycles. The molecule has 4 nitrogen and oxygen atoms in total. The first kappa shape index (κ1) is 11.4. The zero-order valence-corrected chi connectivity index (χ0v) is 9.87. The topological polar surface area (TPSA) is 58.0 Å². The van der Waals surface area contributed by atoms with Crippen LogP contribution in [0.4, 0.5) is 5.82 Å². The van der Waals surface area contributed by atoms with E-state index in [-0.39, 0.29) is 6.10 Å². The van der Waals surface area contributed by atoms with Gasteiger partial charge in [-0.25, -0.2) is 9.97 Å². The summed E-state index contributed by atoms with van der Waals surface area (Å²) in [5, 5.41) is 12.1. The van der Waals surface area contributed by atoms with Crippen molar-refractivity contribution in [3.63, 3.8) is 0 Å². The van der Waals surface area contributed by atoms with Gasteiger partial charge in [0.15, 0.2) is 0 Å². The van der Waals surface area contributed by atoms with E-state index < -0.39 is 0 Å². The number of aliphatic hydroxyl groups is 1. The fourth-order valence-corrected chi connectivity index (χ4v) is 1.39. The molecule has 0 aliphatic carbocycles. The van der Waals surface area contributed by atoms with Gasteiger partial charge < -0.3 is 10.4 Å². The molecule has 1 aromatic rings. The number of hydrogen-bond donors (Lipinski definition) is 2. The van der Waals surface area contributed by atoms with Gasteiger partial charge in [-0.15, -0.1) is 0 Å². The molecule has 1 atom stereocenters. The molecule has 0 radical (unpaired) electrons. The van der Waals surface area contributed by atoms with Crippen molar-refractivity contribution in [1.82, 2.24) is 9.97 Å². The van der Waals surface area contributed by atoms with Crippen LogP contribution in [-0.4, -0.2) is 27.7 Å². The lowest BCUT2D eigenvalue weighted by Crippen LogP contribution is -2.16. The SMILES string of the molecule is CCc1nc(Br)cc(NCC(C)O)n1. The highest BCUT2D eigenvalue weighted by atomic mass is 79.9. The van der Waals surface area contributed by atoms with Crippen molar-refractivity contribution in [1.29, 1.82) is 0 Å². The summed E-state index contributed by atoms with van der Waals surface area (Å²) in [5.74, 6) is 1.53. The number of nitrogens with one attached hydrogen (secondary N) is 1. The van der Waals surface area contributed by atoms with E-state index in [0.717, 1.165) is 22.7 Å². The molecule has 1 rings (SSSR count). The molecule has 1 aromatic heterocycles. The first-order chi connectivity index (χ1) is 6.61. The largest absolute Gasteiger partial charge is 0.392 e. The third kappa shape index (κ3) is 3.59. The predicted octanol–water partition coefficient (Wildman–Crippen LogP) is 1.59. The normalized spacial score (nSPS) is 12.6. The molecule has 0 aliphatic rings. The molecule has 0 aromatic carbocycles. The summed E-state index contributed by atoms with van der Waals surface area (Å²) in [4.78, 5) is 8.44. The smallest absolute Gasteiger partial charge is 0.131 e. The minimum Gasteiger partial charge on any atom is -0.392 e. The number of aliphatic hydroxyl groups excluding tert-OH is 1. The summed E-state index contributed by atoms with van der Waals surface area (Å²) in [6, 6.07) is 1.79. The van der Waals surface area contributed by atoms with Crippen molar-refractivity contribution in [2.45, 2.75) is 26.4 Å². The Morgan fingerprint density at radius 2 is 2.29 bits per heavy atom. The molecule has 14 heavy (non-hydrogen) atoms. The molecule has 0 aliphatic heterocycles. The summed E-state index contributed by atoms with van der Waals surface area (Å²) in [6.07, 6.45) is 0.414. The molecule has 78 valence electrons. The van der Waals surface area contributed by atoms with Gasteiger partial charge in [-0.1, -0.05) is 6.92 Å². The number of aromatic nitrogens is 2. The van der Waals surface area contributed by atoms with Crippen LogP contribution in [0.2, 0.25) is 0 Å². The van der Waals surface area contributed by atoms with Crippen LogP contribution in [0, 0.1) is 0 Å². The van der Waals surface area contributed by atoms with E-state index in [1.54, 1.807) is 13.0 Å². The fraction of sp³-hybridized carbons (Fsp3) is 0.556. The highest BCUT2D eigenvalue weighted by Gasteiger charge is 2.02. The van der Waals surface area contributed by atoms with Crippen LogP contribution in [0.5, 0.6) is 0 Å². The zero-order chi connectivity index (χ0) is 10.6. The second-order valence-electron chi connectivity index (χ2n) is 3.08. The lowest BCUT2D eigenvalue weighted by molar-refractivity contribution is 0.208. The average Bonchev–Trinajstić information content (AvgIpc) is 2.14. The van der Waals surface area contributed by atoms with Crippen LogP contribution in [0.15, 0.2) is 10.7 Å². The van der Waals surface area contributed by atoms with E-state index in [0.29, 0.717) is 6.54 Å². The molecular weight excluding hydrogens is 246 g/mol. The zero-order valence-electron chi connectivity index (χ0n) is 8.29. The lowest BCUT2D eigenvalue weighted by atomic mass is 10.4. The van der Waals surface area contributed by atoms with Gasteiger partial charge in [-0.05, 0) is 22.9 Å². The Morgan fingerprint density at radius 1 is 1.57 bits per heavy atom. The van der Waals surface area contributed by atoms with Gasteiger partial charge in [-0.2, -0.15) is 0 Å². The Bertz CT molecular complexity index is 304. The van der Waals surface area contributed by atoms with Crippen LogP contribution in [0.25, 0.3) is 0 Å². The van der Waals surface area contributed by atoms with E-state index in [9.17, 15) is 0 Å². The van der Waals surface area contributed by atoms with Gasteiger partial charge in [0.05, 0.1) is 6.10 Å². The number of rotatable bonds is 4. The molecule has 0 spiro atoms. The molecule has 0 saturated carbocycles. The first-order valence-corrected chi connectivity index (χ1v) is 5.36. The van der Waals surface area contributed by atoms with E-state index >= 15 is 0 Å². The van der Waals surface area contributed by atoms with Crippen molar-refractivity contribution in [2.24, 2.45) is 0 Å². The minimum absolute atomic E-state index is 0.381. The van der Waals surface area contributed by atoms with E-state index in [1.165, 1.54) is 0 Å². The first-order valence-electron chi connectivity index (χ1n) is 4.57. The minimum atomic E-state index is -0.381. The maximum Gasteiger partial charge on any atom is 0.131 e. The average molecular weight is 260 g/mol. The van der Waals surface area contributed by atoms with Crippen molar-refractivity contribution >= 4 is 21.7 Å². The molecule has 0 saturated heterocycles. The van der Waals surface area contributed by atoms with E-state index in [2.05, 4.69) is 31.2 Å². The van der Waals surface area contributed by atoms with Crippen LogP contribution < -0.4 is 5.32 Å². The maximum absolute atomic E-state index is 9.09. The Kier molecular flexibility index (Phi) is 4.28. The van der Waals surface area contributed by atoms with Gasteiger partial charge in [0.2, 0.25) is 0 Å². The standard InChI is InChI=1S/C9H14BrN3O/c1-3-8-12-7(10)4-9(13-8)11-5-6(2)14/h4,6,14H,3,5H2,1-2H3,(H,11,12,13). The molecule has 2 N–H and O–H groups in total. The molecule has 5 heteroatoms. The Labute approximate surface area is 91.9 Å². The van der Waals surface area contributed by atoms with Crippen LogP contribution in [0.1, 0.15) is 19.7 Å². The molecular formula is C9H14BrN3O. The van der Waals surface area contributed by atoms with Crippen LogP contribution in [0.3, 0.4) is 0 Å². The summed E-state index contributed by atoms with van der Waals surface area (Å²) in [5.41, 5.74) is 0. The Balaban J connectivity index is 2.71.